The van der Waals surface area contributed by atoms with Gasteiger partial charge in [-0.05, 0) is 31.9 Å². The topological polar surface area (TPSA) is 41.8 Å². The van der Waals surface area contributed by atoms with Gasteiger partial charge in [-0.25, -0.2) is 0 Å². The number of nitrogens with one attached hydrogen (secondary N) is 1. The molecule has 58 valence electrons. The molecular weight excluding hydrogens is 136 g/mol. The summed E-state index contributed by atoms with van der Waals surface area (Å²) in [6.45, 7) is 3.76. The van der Waals surface area contributed by atoms with Gasteiger partial charge in [0.2, 0.25) is 0 Å². The molecule has 0 fully saturated rings. The summed E-state index contributed by atoms with van der Waals surface area (Å²) >= 11 is 0. The van der Waals surface area contributed by atoms with Crippen LogP contribution in [0.25, 0.3) is 0 Å². The van der Waals surface area contributed by atoms with E-state index in [0.717, 1.165) is 5.69 Å². The van der Waals surface area contributed by atoms with Gasteiger partial charge in [0.25, 0.3) is 0 Å². The largest absolute Gasteiger partial charge is 0.355 e. The maximum Gasteiger partial charge on any atom is 0.0894 e. The lowest BCUT2D eigenvalue weighted by atomic mass is 10.1. The first-order valence-corrected chi connectivity index (χ1v) is 3.53. The third kappa shape index (κ3) is 2.92. The molecule has 0 saturated heterocycles. The van der Waals surface area contributed by atoms with Gasteiger partial charge in [-0.3, -0.25) is 0 Å². The van der Waals surface area contributed by atoms with Crippen molar-refractivity contribution in [3.63, 3.8) is 0 Å². The van der Waals surface area contributed by atoms with Gasteiger partial charge in [0.1, 0.15) is 0 Å². The maximum absolute atomic E-state index is 5.66. The first-order valence-electron chi connectivity index (χ1n) is 3.53. The van der Waals surface area contributed by atoms with E-state index in [1.54, 1.807) is 0 Å². The molecule has 0 aliphatic heterocycles. The van der Waals surface area contributed by atoms with E-state index >= 15 is 0 Å². The Bertz CT molecular complexity index is 267. The van der Waals surface area contributed by atoms with E-state index in [1.807, 2.05) is 32.2 Å². The summed E-state index contributed by atoms with van der Waals surface area (Å²) in [4.78, 5) is 2.98. The molecule has 1 aromatic heterocycles. The number of aromatic nitrogens is 1. The van der Waals surface area contributed by atoms with E-state index in [2.05, 4.69) is 16.8 Å². The minimum Gasteiger partial charge on any atom is -0.355 e. The monoisotopic (exact) mass is 148 g/mol. The van der Waals surface area contributed by atoms with Gasteiger partial charge in [-0.1, -0.05) is 5.92 Å². The van der Waals surface area contributed by atoms with Crippen LogP contribution >= 0.6 is 0 Å². The summed E-state index contributed by atoms with van der Waals surface area (Å²) in [5.74, 6) is 5.85. The average molecular weight is 148 g/mol. The Morgan fingerprint density at radius 2 is 2.27 bits per heavy atom. The van der Waals surface area contributed by atoms with E-state index in [4.69, 9.17) is 5.73 Å². The Balaban J connectivity index is 2.74. The van der Waals surface area contributed by atoms with Crippen molar-refractivity contribution in [2.45, 2.75) is 19.4 Å². The van der Waals surface area contributed by atoms with Gasteiger partial charge >= 0.3 is 0 Å². The molecule has 0 aliphatic carbocycles. The second kappa shape index (κ2) is 2.81. The third-order valence-electron chi connectivity index (χ3n) is 1.12. The second-order valence-corrected chi connectivity index (χ2v) is 3.06. The highest BCUT2D eigenvalue weighted by Gasteiger charge is 2.03. The van der Waals surface area contributed by atoms with Crippen molar-refractivity contribution in [2.24, 2.45) is 5.73 Å². The van der Waals surface area contributed by atoms with E-state index in [1.165, 1.54) is 0 Å². The smallest absolute Gasteiger partial charge is 0.0894 e. The summed E-state index contributed by atoms with van der Waals surface area (Å²) in [5.41, 5.74) is 6.16. The summed E-state index contributed by atoms with van der Waals surface area (Å²) < 4.78 is 0. The molecule has 2 heteroatoms. The van der Waals surface area contributed by atoms with Gasteiger partial charge in [0, 0.05) is 6.20 Å². The Kier molecular flexibility index (Phi) is 2.02. The van der Waals surface area contributed by atoms with Crippen LogP contribution in [0.1, 0.15) is 19.5 Å². The van der Waals surface area contributed by atoms with Crippen molar-refractivity contribution in [1.82, 2.24) is 4.98 Å². The summed E-state index contributed by atoms with van der Waals surface area (Å²) in [6, 6.07) is 3.83. The molecule has 0 bridgehead atoms. The van der Waals surface area contributed by atoms with Crippen molar-refractivity contribution in [2.75, 3.05) is 0 Å². The molecule has 0 saturated carbocycles. The molecule has 0 aliphatic rings. The highest BCUT2D eigenvalue weighted by atomic mass is 14.7. The van der Waals surface area contributed by atoms with Crippen LogP contribution in [0.15, 0.2) is 18.3 Å². The van der Waals surface area contributed by atoms with Crippen molar-refractivity contribution >= 4 is 0 Å². The lowest BCUT2D eigenvalue weighted by Crippen LogP contribution is -2.29. The quantitative estimate of drug-likeness (QED) is 0.531. The summed E-state index contributed by atoms with van der Waals surface area (Å²) in [5, 5.41) is 0. The zero-order valence-electron chi connectivity index (χ0n) is 6.81. The van der Waals surface area contributed by atoms with Gasteiger partial charge in [-0.15, -0.1) is 0 Å². The molecule has 0 spiro atoms. The average Bonchev–Trinajstić information content (AvgIpc) is 2.32. The van der Waals surface area contributed by atoms with Crippen LogP contribution in [0.3, 0.4) is 0 Å². The van der Waals surface area contributed by atoms with E-state index < -0.39 is 5.54 Å². The molecule has 1 aromatic rings. The predicted molar refractivity (Wildman–Crippen MR) is 45.9 cm³/mol. The molecular formula is C9H12N2. The van der Waals surface area contributed by atoms with Crippen LogP contribution in [0.2, 0.25) is 0 Å². The Morgan fingerprint density at radius 1 is 1.55 bits per heavy atom. The van der Waals surface area contributed by atoms with Crippen LogP contribution in [-0.4, -0.2) is 10.5 Å². The fourth-order valence-electron chi connectivity index (χ4n) is 0.637. The van der Waals surface area contributed by atoms with Crippen LogP contribution in [0.5, 0.6) is 0 Å². The number of rotatable bonds is 0. The highest BCUT2D eigenvalue weighted by Crippen LogP contribution is 1.95. The van der Waals surface area contributed by atoms with Gasteiger partial charge in [0.05, 0.1) is 11.2 Å². The zero-order valence-corrected chi connectivity index (χ0v) is 6.81. The molecule has 0 aromatic carbocycles. The van der Waals surface area contributed by atoms with Crippen molar-refractivity contribution in [3.8, 4) is 11.8 Å². The molecule has 1 rings (SSSR count). The van der Waals surface area contributed by atoms with Crippen LogP contribution in [0.4, 0.5) is 0 Å². The molecule has 0 amide bonds. The number of H-pyrrole nitrogens is 1. The van der Waals surface area contributed by atoms with Gasteiger partial charge in [0.15, 0.2) is 0 Å². The molecule has 0 unspecified atom stereocenters. The van der Waals surface area contributed by atoms with Crippen molar-refractivity contribution in [3.05, 3.63) is 24.0 Å². The van der Waals surface area contributed by atoms with Crippen LogP contribution in [0, 0.1) is 11.8 Å². The number of hydrogen-bond donors (Lipinski definition) is 2. The fourth-order valence-corrected chi connectivity index (χ4v) is 0.637. The first kappa shape index (κ1) is 7.90. The Hall–Kier alpha value is -1.20. The maximum atomic E-state index is 5.66. The molecule has 2 nitrogen and oxygen atoms in total. The molecule has 1 heterocycles. The molecule has 0 atom stereocenters. The number of hydrogen-bond acceptors (Lipinski definition) is 1. The molecule has 0 radical (unpaired) electrons. The van der Waals surface area contributed by atoms with Crippen LogP contribution in [-0.2, 0) is 0 Å². The normalized spacial score (nSPS) is 10.5. The van der Waals surface area contributed by atoms with Crippen molar-refractivity contribution < 1.29 is 0 Å². The van der Waals surface area contributed by atoms with Gasteiger partial charge in [-0.2, -0.15) is 0 Å². The second-order valence-electron chi connectivity index (χ2n) is 3.06. The zero-order chi connectivity index (χ0) is 8.32. The summed E-state index contributed by atoms with van der Waals surface area (Å²) in [6.07, 6.45) is 1.84. The Labute approximate surface area is 66.8 Å². The number of nitrogens with two attached hydrogens (primary N) is 1. The van der Waals surface area contributed by atoms with E-state index in [9.17, 15) is 0 Å². The van der Waals surface area contributed by atoms with E-state index in [-0.39, 0.29) is 0 Å². The van der Waals surface area contributed by atoms with Crippen LogP contribution < -0.4 is 5.73 Å². The minimum absolute atomic E-state index is 0.412. The third-order valence-corrected chi connectivity index (χ3v) is 1.12. The van der Waals surface area contributed by atoms with E-state index in [0.29, 0.717) is 0 Å². The standard InChI is InChI=1S/C9H12N2/c1-9(2,10)6-5-8-4-3-7-11-8/h3-4,7,11H,10H2,1-2H3. The number of aromatic amines is 1. The summed E-state index contributed by atoms with van der Waals surface area (Å²) in [7, 11) is 0. The lowest BCUT2D eigenvalue weighted by molar-refractivity contribution is 0.680. The Morgan fingerprint density at radius 3 is 2.73 bits per heavy atom. The fraction of sp³-hybridized carbons (Fsp3) is 0.333. The predicted octanol–water partition coefficient (Wildman–Crippen LogP) is 1.10. The SMILES string of the molecule is CC(C)(N)C#Cc1ccc[nH]1. The first-order chi connectivity index (χ1) is 5.08. The molecule has 11 heavy (non-hydrogen) atoms. The minimum atomic E-state index is -0.412. The van der Waals surface area contributed by atoms with Gasteiger partial charge < -0.3 is 10.7 Å². The molecule has 3 N–H and O–H groups in total. The van der Waals surface area contributed by atoms with Crippen molar-refractivity contribution in [1.29, 1.82) is 0 Å². The lowest BCUT2D eigenvalue weighted by Gasteiger charge is -2.06. The highest BCUT2D eigenvalue weighted by molar-refractivity contribution is 5.30.